The number of nitrogens with zero attached hydrogens (tertiary/aromatic N) is 1. The van der Waals surface area contributed by atoms with E-state index >= 15 is 0 Å². The molecule has 308 valence electrons. The molecule has 0 atom stereocenters. The molecule has 3 heterocycles. The Morgan fingerprint density at radius 1 is 0.318 bits per heavy atom. The predicted octanol–water partition coefficient (Wildman–Crippen LogP) is 16.5. The maximum atomic E-state index is 6.75. The van der Waals surface area contributed by atoms with Crippen LogP contribution in [0.4, 0.5) is 17.1 Å². The summed E-state index contributed by atoms with van der Waals surface area (Å²) >= 11 is 1.86. The van der Waals surface area contributed by atoms with Crippen LogP contribution in [0.3, 0.4) is 0 Å². The zero-order valence-corrected chi connectivity index (χ0v) is 36.4. The molecule has 0 N–H and O–H groups in total. The van der Waals surface area contributed by atoms with Gasteiger partial charge < -0.3 is 14.4 Å². The first-order valence-electron chi connectivity index (χ1n) is 22.7. The van der Waals surface area contributed by atoms with Crippen molar-refractivity contribution in [1.82, 2.24) is 0 Å². The van der Waals surface area contributed by atoms with Crippen LogP contribution in [-0.4, -0.2) is 0 Å². The fourth-order valence-electron chi connectivity index (χ4n) is 12.3. The first-order valence-corrected chi connectivity index (χ1v) is 23.5. The molecule has 0 bridgehead atoms. The lowest BCUT2D eigenvalue weighted by Gasteiger charge is -2.40. The Bertz CT molecular complexity index is 3790. The summed E-state index contributed by atoms with van der Waals surface area (Å²) in [5.74, 6) is 3.54. The smallest absolute Gasteiger partial charge is 0.132 e. The van der Waals surface area contributed by atoms with Crippen LogP contribution >= 0.6 is 11.3 Å². The Morgan fingerprint density at radius 3 is 1.42 bits per heavy atom. The van der Waals surface area contributed by atoms with Gasteiger partial charge in [-0.15, -0.1) is 11.3 Å². The minimum absolute atomic E-state index is 0.604. The third kappa shape index (κ3) is 4.51. The number of para-hydroxylation sites is 4. The molecule has 1 aromatic heterocycles. The molecule has 4 heteroatoms. The minimum atomic E-state index is -0.612. The fraction of sp³-hybridized carbons (Fsp3) is 0.0323. The molecule has 0 radical (unpaired) electrons. The second-order valence-corrected chi connectivity index (χ2v) is 18.9. The van der Waals surface area contributed by atoms with Crippen molar-refractivity contribution >= 4 is 48.6 Å². The van der Waals surface area contributed by atoms with E-state index in [2.05, 4.69) is 229 Å². The van der Waals surface area contributed by atoms with E-state index in [1.807, 2.05) is 11.3 Å². The number of rotatable bonds is 3. The van der Waals surface area contributed by atoms with Crippen molar-refractivity contribution in [3.8, 4) is 45.3 Å². The molecule has 3 nitrogen and oxygen atoms in total. The first-order chi connectivity index (χ1) is 32.7. The van der Waals surface area contributed by atoms with E-state index in [4.69, 9.17) is 9.47 Å². The highest BCUT2D eigenvalue weighted by Crippen LogP contribution is 2.66. The quantitative estimate of drug-likeness (QED) is 0.177. The Labute approximate surface area is 386 Å². The number of fused-ring (bicyclic) bond motifs is 21. The summed E-state index contributed by atoms with van der Waals surface area (Å²) in [5.41, 5.74) is 16.6. The van der Waals surface area contributed by atoms with E-state index in [0.29, 0.717) is 0 Å². The molecule has 0 saturated heterocycles. The first kappa shape index (κ1) is 36.2. The molecule has 0 unspecified atom stereocenters. The van der Waals surface area contributed by atoms with Crippen molar-refractivity contribution in [3.05, 3.63) is 269 Å². The van der Waals surface area contributed by atoms with Gasteiger partial charge in [-0.1, -0.05) is 164 Å². The maximum Gasteiger partial charge on any atom is 0.132 e. The van der Waals surface area contributed by atoms with Crippen LogP contribution in [0.15, 0.2) is 224 Å². The van der Waals surface area contributed by atoms with Gasteiger partial charge in [-0.25, -0.2) is 0 Å². The molecular formula is C62H37NO2S. The second-order valence-electron chi connectivity index (χ2n) is 17.8. The number of thiophene rings is 1. The average Bonchev–Trinajstić information content (AvgIpc) is 3.99. The molecule has 15 rings (SSSR count). The van der Waals surface area contributed by atoms with Crippen molar-refractivity contribution in [2.75, 3.05) is 4.90 Å². The zero-order valence-electron chi connectivity index (χ0n) is 35.5. The van der Waals surface area contributed by atoms with Gasteiger partial charge >= 0.3 is 0 Å². The number of benzene rings is 10. The number of hydrogen-bond acceptors (Lipinski definition) is 4. The Kier molecular flexibility index (Phi) is 7.24. The molecule has 0 saturated carbocycles. The van der Waals surface area contributed by atoms with Gasteiger partial charge in [0.2, 0.25) is 0 Å². The molecule has 11 aromatic rings. The summed E-state index contributed by atoms with van der Waals surface area (Å²) in [4.78, 5) is 2.53. The molecule has 2 aliphatic carbocycles. The lowest BCUT2D eigenvalue weighted by Crippen LogP contribution is -2.32. The minimum Gasteiger partial charge on any atom is -0.457 e. The molecule has 10 aromatic carbocycles. The number of ether oxygens (including phenoxy) is 2. The number of hydrogen-bond donors (Lipinski definition) is 0. The van der Waals surface area contributed by atoms with E-state index in [-0.39, 0.29) is 0 Å². The highest BCUT2D eigenvalue weighted by atomic mass is 32.1. The fourth-order valence-corrected chi connectivity index (χ4v) is 13.5. The summed E-state index contributed by atoms with van der Waals surface area (Å²) in [6.07, 6.45) is 0. The van der Waals surface area contributed by atoms with Crippen molar-refractivity contribution in [2.24, 2.45) is 0 Å². The van der Waals surface area contributed by atoms with Crippen LogP contribution in [0.25, 0.3) is 42.4 Å². The van der Waals surface area contributed by atoms with Crippen molar-refractivity contribution in [1.29, 1.82) is 0 Å². The van der Waals surface area contributed by atoms with Crippen molar-refractivity contribution in [2.45, 2.75) is 10.8 Å². The summed E-state index contributed by atoms with van der Waals surface area (Å²) < 4.78 is 16.0. The van der Waals surface area contributed by atoms with Crippen molar-refractivity contribution in [3.63, 3.8) is 0 Å². The SMILES string of the molecule is c1ccc2c(c1)Oc1ccccc1C21c2ccccc2-c2ccc(N(c3ccc4c(c3)sc3ccccc34)c3cccc4c3-c3ccccc3C43c4ccccc4Oc4ccccc43)cc21. The summed E-state index contributed by atoms with van der Waals surface area (Å²) in [5, 5.41) is 2.56. The lowest BCUT2D eigenvalue weighted by atomic mass is 9.66. The van der Waals surface area contributed by atoms with Crippen LogP contribution in [0.5, 0.6) is 23.0 Å². The standard InChI is InChI=1S/C62H37NO2S/c1-4-19-45-40(16-1)41-34-32-38(36-52(41)62(45)49-23-8-12-29-56(49)65-57-30-13-9-24-50(57)62)63(39-33-35-43-42-17-3-14-31-58(42)66-59(43)37-39)53-26-15-25-51-60(53)44-18-2-5-20-46(44)61(51)47-21-6-10-27-54(47)64-55-28-11-7-22-48(55)61/h1-37H. The number of anilines is 3. The van der Waals surface area contributed by atoms with Gasteiger partial charge in [0.15, 0.2) is 0 Å². The molecule has 2 aliphatic heterocycles. The highest BCUT2D eigenvalue weighted by molar-refractivity contribution is 7.25. The van der Waals surface area contributed by atoms with Crippen LogP contribution in [0.1, 0.15) is 44.5 Å². The van der Waals surface area contributed by atoms with Crippen LogP contribution in [0, 0.1) is 0 Å². The molecule has 0 fully saturated rings. The normalized spacial score (nSPS) is 14.5. The van der Waals surface area contributed by atoms with Gasteiger partial charge in [-0.3, -0.25) is 0 Å². The summed E-state index contributed by atoms with van der Waals surface area (Å²) in [6, 6.07) is 82.5. The zero-order chi connectivity index (χ0) is 43.1. The van der Waals surface area contributed by atoms with Gasteiger partial charge in [-0.2, -0.15) is 0 Å². The molecular weight excluding hydrogens is 823 g/mol. The van der Waals surface area contributed by atoms with Crippen molar-refractivity contribution < 1.29 is 9.47 Å². The van der Waals surface area contributed by atoms with E-state index in [9.17, 15) is 0 Å². The Balaban J connectivity index is 1.05. The molecule has 0 amide bonds. The Hall–Kier alpha value is -8.18. The second kappa shape index (κ2) is 13.2. The van der Waals surface area contributed by atoms with E-state index in [0.717, 1.165) is 62.3 Å². The average molecular weight is 860 g/mol. The molecule has 2 spiro atoms. The third-order valence-corrected chi connectivity index (χ3v) is 15.9. The third-order valence-electron chi connectivity index (χ3n) is 14.8. The summed E-state index contributed by atoms with van der Waals surface area (Å²) in [7, 11) is 0. The van der Waals surface area contributed by atoms with Gasteiger partial charge in [0.25, 0.3) is 0 Å². The highest BCUT2D eigenvalue weighted by Gasteiger charge is 2.53. The molecule has 66 heavy (non-hydrogen) atoms. The van der Waals surface area contributed by atoms with Crippen LogP contribution in [-0.2, 0) is 10.8 Å². The predicted molar refractivity (Wildman–Crippen MR) is 269 cm³/mol. The van der Waals surface area contributed by atoms with Crippen LogP contribution < -0.4 is 14.4 Å². The van der Waals surface area contributed by atoms with E-state index in [1.54, 1.807) is 0 Å². The van der Waals surface area contributed by atoms with Crippen LogP contribution in [0.2, 0.25) is 0 Å². The monoisotopic (exact) mass is 859 g/mol. The van der Waals surface area contributed by atoms with Gasteiger partial charge in [-0.05, 0) is 99.6 Å². The molecule has 4 aliphatic rings. The lowest BCUT2D eigenvalue weighted by molar-refractivity contribution is 0.436. The Morgan fingerprint density at radius 2 is 0.773 bits per heavy atom. The maximum absolute atomic E-state index is 6.75. The van der Waals surface area contributed by atoms with Gasteiger partial charge in [0.05, 0.1) is 16.5 Å². The topological polar surface area (TPSA) is 21.7 Å². The summed E-state index contributed by atoms with van der Waals surface area (Å²) in [6.45, 7) is 0. The van der Waals surface area contributed by atoms with E-state index < -0.39 is 10.8 Å². The van der Waals surface area contributed by atoms with E-state index in [1.165, 1.54) is 64.7 Å². The van der Waals surface area contributed by atoms with Gasteiger partial charge in [0, 0.05) is 59.4 Å². The largest absolute Gasteiger partial charge is 0.457 e. The van der Waals surface area contributed by atoms with Gasteiger partial charge in [0.1, 0.15) is 23.0 Å².